The SMILES string of the molecule is FC(F)(F)COCCn1c(-c2ccccc2)c[nH]c1=S. The smallest absolute Gasteiger partial charge is 0.370 e. The molecule has 0 fully saturated rings. The van der Waals surface area contributed by atoms with E-state index >= 15 is 0 Å². The fraction of sp³-hybridized carbons (Fsp3) is 0.308. The second kappa shape index (κ2) is 6.23. The van der Waals surface area contributed by atoms with Gasteiger partial charge in [0, 0.05) is 12.7 Å². The number of rotatable bonds is 5. The lowest BCUT2D eigenvalue weighted by atomic mass is 10.2. The summed E-state index contributed by atoms with van der Waals surface area (Å²) in [5.41, 5.74) is 1.77. The zero-order chi connectivity index (χ0) is 14.6. The van der Waals surface area contributed by atoms with Crippen molar-refractivity contribution in [3.05, 3.63) is 41.3 Å². The predicted molar refractivity (Wildman–Crippen MR) is 71.9 cm³/mol. The Kier molecular flexibility index (Phi) is 4.61. The average Bonchev–Trinajstić information content (AvgIpc) is 2.76. The molecule has 2 aromatic rings. The van der Waals surface area contributed by atoms with Gasteiger partial charge in [0.05, 0.1) is 12.3 Å². The van der Waals surface area contributed by atoms with Crippen molar-refractivity contribution < 1.29 is 17.9 Å². The molecule has 0 unspecified atom stereocenters. The molecule has 1 aromatic carbocycles. The third-order valence-corrected chi connectivity index (χ3v) is 3.00. The first-order chi connectivity index (χ1) is 9.47. The maximum Gasteiger partial charge on any atom is 0.411 e. The number of aromatic amines is 1. The van der Waals surface area contributed by atoms with E-state index in [-0.39, 0.29) is 13.2 Å². The lowest BCUT2D eigenvalue weighted by Gasteiger charge is -2.10. The summed E-state index contributed by atoms with van der Waals surface area (Å²) in [6, 6.07) is 9.48. The predicted octanol–water partition coefficient (Wildman–Crippen LogP) is 3.79. The van der Waals surface area contributed by atoms with Crippen molar-refractivity contribution in [3.8, 4) is 11.3 Å². The number of nitrogens with one attached hydrogen (secondary N) is 1. The van der Waals surface area contributed by atoms with Gasteiger partial charge in [0.1, 0.15) is 6.61 Å². The number of nitrogens with zero attached hydrogens (tertiary/aromatic N) is 1. The van der Waals surface area contributed by atoms with Crippen LogP contribution in [-0.2, 0) is 11.3 Å². The van der Waals surface area contributed by atoms with E-state index in [1.54, 1.807) is 10.8 Å². The van der Waals surface area contributed by atoms with Crippen LogP contribution in [0.5, 0.6) is 0 Å². The fourth-order valence-electron chi connectivity index (χ4n) is 1.81. The Morgan fingerprint density at radius 3 is 2.55 bits per heavy atom. The molecule has 0 radical (unpaired) electrons. The van der Waals surface area contributed by atoms with Crippen LogP contribution < -0.4 is 0 Å². The fourth-order valence-corrected chi connectivity index (χ4v) is 2.06. The number of alkyl halides is 3. The van der Waals surface area contributed by atoms with Crippen molar-refractivity contribution in [2.24, 2.45) is 0 Å². The number of halogens is 3. The number of hydrogen-bond acceptors (Lipinski definition) is 2. The molecule has 0 atom stereocenters. The van der Waals surface area contributed by atoms with Crippen LogP contribution in [0.4, 0.5) is 13.2 Å². The van der Waals surface area contributed by atoms with Gasteiger partial charge in [0.2, 0.25) is 0 Å². The van der Waals surface area contributed by atoms with Crippen LogP contribution in [-0.4, -0.2) is 28.9 Å². The Labute approximate surface area is 119 Å². The van der Waals surface area contributed by atoms with E-state index in [0.29, 0.717) is 4.77 Å². The third kappa shape index (κ3) is 3.94. The zero-order valence-corrected chi connectivity index (χ0v) is 11.3. The molecule has 108 valence electrons. The highest BCUT2D eigenvalue weighted by molar-refractivity contribution is 7.71. The monoisotopic (exact) mass is 302 g/mol. The van der Waals surface area contributed by atoms with Crippen LogP contribution in [0.3, 0.4) is 0 Å². The largest absolute Gasteiger partial charge is 0.411 e. The molecule has 0 amide bonds. The van der Waals surface area contributed by atoms with Gasteiger partial charge in [-0.2, -0.15) is 13.2 Å². The van der Waals surface area contributed by atoms with Crippen molar-refractivity contribution in [3.63, 3.8) is 0 Å². The average molecular weight is 302 g/mol. The van der Waals surface area contributed by atoms with Crippen LogP contribution in [0.15, 0.2) is 36.5 Å². The zero-order valence-electron chi connectivity index (χ0n) is 10.5. The summed E-state index contributed by atoms with van der Waals surface area (Å²) in [7, 11) is 0. The topological polar surface area (TPSA) is 29.9 Å². The van der Waals surface area contributed by atoms with Crippen molar-refractivity contribution in [1.82, 2.24) is 9.55 Å². The summed E-state index contributed by atoms with van der Waals surface area (Å²) < 4.78 is 42.8. The molecule has 0 aliphatic carbocycles. The molecule has 0 bridgehead atoms. The lowest BCUT2D eigenvalue weighted by Crippen LogP contribution is -2.19. The molecule has 1 heterocycles. The molecule has 1 N–H and O–H groups in total. The van der Waals surface area contributed by atoms with Crippen molar-refractivity contribution in [2.45, 2.75) is 12.7 Å². The van der Waals surface area contributed by atoms with Gasteiger partial charge < -0.3 is 14.3 Å². The number of benzene rings is 1. The number of H-pyrrole nitrogens is 1. The summed E-state index contributed by atoms with van der Waals surface area (Å²) in [5.74, 6) is 0. The molecule has 7 heteroatoms. The van der Waals surface area contributed by atoms with Crippen LogP contribution in [0.2, 0.25) is 0 Å². The molecular formula is C13H13F3N2OS. The second-order valence-electron chi connectivity index (χ2n) is 4.16. The highest BCUT2D eigenvalue weighted by atomic mass is 32.1. The van der Waals surface area contributed by atoms with Gasteiger partial charge >= 0.3 is 6.18 Å². The number of ether oxygens (including phenoxy) is 1. The van der Waals surface area contributed by atoms with E-state index in [0.717, 1.165) is 11.3 Å². The molecule has 3 nitrogen and oxygen atoms in total. The minimum absolute atomic E-state index is 0.0501. The Morgan fingerprint density at radius 2 is 1.90 bits per heavy atom. The van der Waals surface area contributed by atoms with Crippen molar-refractivity contribution in [2.75, 3.05) is 13.2 Å². The minimum atomic E-state index is -4.30. The maximum absolute atomic E-state index is 12.0. The molecule has 0 aliphatic heterocycles. The van der Waals surface area contributed by atoms with Crippen molar-refractivity contribution >= 4 is 12.2 Å². The van der Waals surface area contributed by atoms with Crippen LogP contribution >= 0.6 is 12.2 Å². The highest BCUT2D eigenvalue weighted by Gasteiger charge is 2.27. The Morgan fingerprint density at radius 1 is 1.20 bits per heavy atom. The summed E-state index contributed by atoms with van der Waals surface area (Å²) in [6.07, 6.45) is -2.57. The quantitative estimate of drug-likeness (QED) is 0.672. The molecule has 2 rings (SSSR count). The first-order valence-corrected chi connectivity index (χ1v) is 6.36. The van der Waals surface area contributed by atoms with Gasteiger partial charge in [-0.1, -0.05) is 30.3 Å². The van der Waals surface area contributed by atoms with E-state index in [1.807, 2.05) is 30.3 Å². The van der Waals surface area contributed by atoms with Gasteiger partial charge in [-0.25, -0.2) is 0 Å². The summed E-state index contributed by atoms with van der Waals surface area (Å²) in [5, 5.41) is 0. The third-order valence-electron chi connectivity index (χ3n) is 2.66. The van der Waals surface area contributed by atoms with Gasteiger partial charge in [-0.15, -0.1) is 0 Å². The lowest BCUT2D eigenvalue weighted by molar-refractivity contribution is -0.174. The highest BCUT2D eigenvalue weighted by Crippen LogP contribution is 2.19. The maximum atomic E-state index is 12.0. The van der Waals surface area contributed by atoms with Gasteiger partial charge in [0.15, 0.2) is 4.77 Å². The van der Waals surface area contributed by atoms with Gasteiger partial charge in [-0.3, -0.25) is 0 Å². The summed E-state index contributed by atoms with van der Waals surface area (Å²) in [4.78, 5) is 2.89. The molecule has 1 aromatic heterocycles. The number of aromatic nitrogens is 2. The molecule has 0 saturated carbocycles. The molecular weight excluding hydrogens is 289 g/mol. The first-order valence-electron chi connectivity index (χ1n) is 5.95. The van der Waals surface area contributed by atoms with Crippen LogP contribution in [0.25, 0.3) is 11.3 Å². The Balaban J connectivity index is 2.05. The Bertz CT molecular complexity index is 604. The molecule has 20 heavy (non-hydrogen) atoms. The summed E-state index contributed by atoms with van der Waals surface area (Å²) in [6.45, 7) is -1.03. The molecule has 0 saturated heterocycles. The van der Waals surface area contributed by atoms with E-state index in [2.05, 4.69) is 9.72 Å². The second-order valence-corrected chi connectivity index (χ2v) is 4.55. The summed E-state index contributed by atoms with van der Waals surface area (Å²) >= 11 is 5.13. The standard InChI is InChI=1S/C13H13F3N2OS/c14-13(15,16)9-19-7-6-18-11(8-17-12(18)20)10-4-2-1-3-5-10/h1-5,8H,6-7,9H2,(H,17,20). The van der Waals surface area contributed by atoms with E-state index in [4.69, 9.17) is 12.2 Å². The van der Waals surface area contributed by atoms with E-state index < -0.39 is 12.8 Å². The number of imidazole rings is 1. The Hall–Kier alpha value is -1.60. The van der Waals surface area contributed by atoms with Gasteiger partial charge in [-0.05, 0) is 17.8 Å². The van der Waals surface area contributed by atoms with Crippen molar-refractivity contribution in [1.29, 1.82) is 0 Å². The van der Waals surface area contributed by atoms with Crippen LogP contribution in [0, 0.1) is 4.77 Å². The molecule has 0 aliphatic rings. The van der Waals surface area contributed by atoms with Gasteiger partial charge in [0.25, 0.3) is 0 Å². The van der Waals surface area contributed by atoms with E-state index in [9.17, 15) is 13.2 Å². The first kappa shape index (κ1) is 14.8. The minimum Gasteiger partial charge on any atom is -0.370 e. The van der Waals surface area contributed by atoms with Crippen LogP contribution in [0.1, 0.15) is 0 Å². The normalized spacial score (nSPS) is 11.8. The molecule has 0 spiro atoms. The van der Waals surface area contributed by atoms with E-state index in [1.165, 1.54) is 0 Å². The number of hydrogen-bond donors (Lipinski definition) is 1.